The summed E-state index contributed by atoms with van der Waals surface area (Å²) in [5.41, 5.74) is 10.1. The van der Waals surface area contributed by atoms with E-state index in [4.69, 9.17) is 0 Å². The average Bonchev–Trinajstić information content (AvgIpc) is 3.30. The topological polar surface area (TPSA) is 0 Å². The fraction of sp³-hybridized carbons (Fsp3) is 0.625. The van der Waals surface area contributed by atoms with Gasteiger partial charge in [-0.05, 0) is 138 Å². The summed E-state index contributed by atoms with van der Waals surface area (Å²) in [6.45, 7) is 29.0. The van der Waals surface area contributed by atoms with Gasteiger partial charge in [-0.3, -0.25) is 0 Å². The first kappa shape index (κ1) is 54.4. The molecule has 0 radical (unpaired) electrons. The van der Waals surface area contributed by atoms with Gasteiger partial charge >= 0.3 is 0 Å². The Balaban J connectivity index is 0.000000208. The molecule has 4 aromatic rings. The first-order valence-corrected chi connectivity index (χ1v) is 33.5. The van der Waals surface area contributed by atoms with Crippen molar-refractivity contribution < 1.29 is 0 Å². The molecule has 4 fully saturated rings. The van der Waals surface area contributed by atoms with E-state index in [1.807, 2.05) is 0 Å². The zero-order chi connectivity index (χ0) is 48.7. The lowest BCUT2D eigenvalue weighted by atomic mass is 9.99. The minimum atomic E-state index is -0.363. The van der Waals surface area contributed by atoms with Gasteiger partial charge in [-0.25, -0.2) is 0 Å². The normalized spacial score (nSPS) is 19.2. The third-order valence-corrected chi connectivity index (χ3v) is 30.0. The van der Waals surface area contributed by atoms with Crippen molar-refractivity contribution in [2.24, 2.45) is 0 Å². The van der Waals surface area contributed by atoms with Crippen LogP contribution >= 0.6 is 31.7 Å². The van der Waals surface area contributed by atoms with Gasteiger partial charge in [0.1, 0.15) is 0 Å². The Morgan fingerprint density at radius 3 is 0.676 bits per heavy atom. The molecule has 0 atom stereocenters. The van der Waals surface area contributed by atoms with E-state index >= 15 is 0 Å². The van der Waals surface area contributed by atoms with Crippen molar-refractivity contribution in [3.05, 3.63) is 97.1 Å². The Bertz CT molecular complexity index is 1930. The van der Waals surface area contributed by atoms with Crippen LogP contribution in [0.5, 0.6) is 0 Å². The lowest BCUT2D eigenvalue weighted by molar-refractivity contribution is 0.487. The zero-order valence-electron chi connectivity index (χ0n) is 45.5. The molecule has 4 aromatic carbocycles. The fourth-order valence-corrected chi connectivity index (χ4v) is 30.1. The van der Waals surface area contributed by atoms with Crippen molar-refractivity contribution in [3.63, 3.8) is 0 Å². The lowest BCUT2D eigenvalue weighted by Crippen LogP contribution is -2.34. The first-order chi connectivity index (χ1) is 32.4. The molecule has 0 heterocycles. The van der Waals surface area contributed by atoms with Gasteiger partial charge in [0, 0.05) is 0 Å². The first-order valence-electron chi connectivity index (χ1n) is 27.9. The van der Waals surface area contributed by atoms with Gasteiger partial charge in [0.2, 0.25) is 0 Å². The molecule has 4 saturated carbocycles. The molecule has 0 unspecified atom stereocenters. The van der Waals surface area contributed by atoms with Crippen molar-refractivity contribution in [2.75, 3.05) is 0 Å². The summed E-state index contributed by atoms with van der Waals surface area (Å²) in [6.07, 6.45) is 29.7. The molecule has 372 valence electrons. The van der Waals surface area contributed by atoms with Gasteiger partial charge in [0.25, 0.3) is 0 Å². The van der Waals surface area contributed by atoms with Crippen LogP contribution in [0.4, 0.5) is 0 Å². The molecule has 0 aromatic heterocycles. The van der Waals surface area contributed by atoms with Crippen LogP contribution < -0.4 is 21.2 Å². The molecule has 0 bridgehead atoms. The van der Waals surface area contributed by atoms with Crippen LogP contribution in [-0.2, 0) is 0 Å². The van der Waals surface area contributed by atoms with E-state index in [0.717, 1.165) is 22.6 Å². The molecule has 4 aliphatic rings. The third kappa shape index (κ3) is 13.6. The second-order valence-electron chi connectivity index (χ2n) is 25.4. The quantitative estimate of drug-likeness (QED) is 0.139. The molecule has 0 nitrogen and oxygen atoms in total. The van der Waals surface area contributed by atoms with Gasteiger partial charge in [0.15, 0.2) is 0 Å². The van der Waals surface area contributed by atoms with Gasteiger partial charge in [0.05, 0.1) is 0 Å². The summed E-state index contributed by atoms with van der Waals surface area (Å²) in [6, 6.07) is 38.4. The molecular weight excluding hydrogens is 893 g/mol. The van der Waals surface area contributed by atoms with Crippen molar-refractivity contribution in [1.82, 2.24) is 0 Å². The number of hydrogen-bond acceptors (Lipinski definition) is 0. The highest BCUT2D eigenvalue weighted by Crippen LogP contribution is 2.63. The van der Waals surface area contributed by atoms with Crippen LogP contribution in [0.2, 0.25) is 0 Å². The predicted molar refractivity (Wildman–Crippen MR) is 316 cm³/mol. The number of rotatable bonds is 10. The van der Waals surface area contributed by atoms with Gasteiger partial charge in [-0.1, -0.05) is 289 Å². The molecule has 68 heavy (non-hydrogen) atoms. The van der Waals surface area contributed by atoms with Crippen LogP contribution in [0, 0.1) is 0 Å². The maximum Gasteiger partial charge on any atom is -0.0100 e. The summed E-state index contributed by atoms with van der Waals surface area (Å²) in [7, 11) is -0.906. The van der Waals surface area contributed by atoms with E-state index in [2.05, 4.69) is 180 Å². The molecule has 0 amide bonds. The van der Waals surface area contributed by atoms with E-state index in [1.165, 1.54) is 140 Å². The van der Waals surface area contributed by atoms with Crippen molar-refractivity contribution in [3.8, 4) is 22.3 Å². The molecule has 8 rings (SSSR count). The molecular formula is C64H96P4. The second-order valence-corrected chi connectivity index (χ2v) is 38.6. The zero-order valence-corrected chi connectivity index (χ0v) is 49.1. The van der Waals surface area contributed by atoms with Crippen molar-refractivity contribution >= 4 is 52.9 Å². The highest BCUT2D eigenvalue weighted by Gasteiger charge is 2.41. The molecule has 0 saturated heterocycles. The summed E-state index contributed by atoms with van der Waals surface area (Å²) < 4.78 is 0. The molecule has 0 aliphatic heterocycles. The SMILES string of the molecule is CC(C)(C)P(c1ccccc1-c1ccccc1P(C(C)(C)C)C(C)(C)C)C(C)(C)C.c1ccc(P(C2CCCCC2)C2CCCCC2)c(-c2ccccc2P(C2CCCCC2)C2CCCCC2)c1. The van der Waals surface area contributed by atoms with Crippen LogP contribution in [0.15, 0.2) is 97.1 Å². The summed E-state index contributed by atoms with van der Waals surface area (Å²) >= 11 is 0. The van der Waals surface area contributed by atoms with E-state index < -0.39 is 0 Å². The third-order valence-electron chi connectivity index (χ3n) is 15.8. The van der Waals surface area contributed by atoms with Crippen LogP contribution in [0.25, 0.3) is 22.3 Å². The van der Waals surface area contributed by atoms with E-state index in [0.29, 0.717) is 0 Å². The Kier molecular flexibility index (Phi) is 19.3. The summed E-state index contributed by atoms with van der Waals surface area (Å²) in [5, 5.41) is 7.70. The Hall–Kier alpha value is -1.40. The highest BCUT2D eigenvalue weighted by molar-refractivity contribution is 7.70. The second kappa shape index (κ2) is 24.1. The van der Waals surface area contributed by atoms with Crippen molar-refractivity contribution in [2.45, 2.75) is 255 Å². The number of benzene rings is 4. The van der Waals surface area contributed by atoms with Crippen LogP contribution in [0.1, 0.15) is 212 Å². The van der Waals surface area contributed by atoms with Crippen LogP contribution in [0.3, 0.4) is 0 Å². The summed E-state index contributed by atoms with van der Waals surface area (Å²) in [4.78, 5) is 0. The highest BCUT2D eigenvalue weighted by atomic mass is 31.1. The van der Waals surface area contributed by atoms with E-state index in [-0.39, 0.29) is 52.3 Å². The predicted octanol–water partition coefficient (Wildman–Crippen LogP) is 19.7. The minimum absolute atomic E-state index is 0.0899. The lowest BCUT2D eigenvalue weighted by Gasteiger charge is -2.44. The maximum absolute atomic E-state index is 2.62. The molecule has 0 N–H and O–H groups in total. The molecule has 4 aliphatic carbocycles. The van der Waals surface area contributed by atoms with Gasteiger partial charge in [-0.2, -0.15) is 0 Å². The maximum atomic E-state index is 2.62. The van der Waals surface area contributed by atoms with E-state index in [1.54, 1.807) is 32.3 Å². The largest absolute Gasteiger partial charge is 0.0683 e. The standard InChI is InChI=1S/C36H52P2.C28H44P2/c1-5-17-29(18-6-1)37(30-19-7-2-8-20-30)35-27-15-13-25-33(35)34-26-14-16-28-36(34)38(31-21-9-3-10-22-31)32-23-11-4-12-24-32;1-25(2,3)29(26(4,5)6)23-19-15-13-17-21(23)22-18-14-16-20-24(22)30(27(7,8)9)28(10,11)12/h13-16,25-32H,1-12,17-24H2;13-20H,1-12H3. The van der Waals surface area contributed by atoms with Gasteiger partial charge < -0.3 is 0 Å². The molecule has 4 heteroatoms. The smallest absolute Gasteiger partial charge is 0.0100 e. The molecule has 0 spiro atoms. The van der Waals surface area contributed by atoms with Crippen LogP contribution in [-0.4, -0.2) is 43.3 Å². The van der Waals surface area contributed by atoms with Crippen molar-refractivity contribution in [1.29, 1.82) is 0 Å². The Morgan fingerprint density at radius 1 is 0.265 bits per heavy atom. The number of hydrogen-bond donors (Lipinski definition) is 0. The van der Waals surface area contributed by atoms with E-state index in [9.17, 15) is 0 Å². The summed E-state index contributed by atoms with van der Waals surface area (Å²) in [5.74, 6) is 0. The minimum Gasteiger partial charge on any atom is -0.0683 e. The average molecular weight is 989 g/mol. The monoisotopic (exact) mass is 989 g/mol. The Labute approximate surface area is 424 Å². The Morgan fingerprint density at radius 2 is 0.456 bits per heavy atom. The van der Waals surface area contributed by atoms with Gasteiger partial charge in [-0.15, -0.1) is 0 Å². The fourth-order valence-electron chi connectivity index (χ4n) is 13.9.